The molecule has 3 aliphatic heterocycles. The van der Waals surface area contributed by atoms with E-state index in [9.17, 15) is 0 Å². The van der Waals surface area contributed by atoms with E-state index in [2.05, 4.69) is 78.9 Å². The Labute approximate surface area is 163 Å². The molecule has 7 rings (SSSR count). The van der Waals surface area contributed by atoms with Crippen LogP contribution in [0.5, 0.6) is 23.0 Å². The summed E-state index contributed by atoms with van der Waals surface area (Å²) in [5.41, 5.74) is 7.71. The summed E-state index contributed by atoms with van der Waals surface area (Å²) in [6.45, 7) is 0.182. The third kappa shape index (κ3) is 1.70. The van der Waals surface area contributed by atoms with E-state index < -0.39 is 0 Å². The zero-order chi connectivity index (χ0) is 18.2. The maximum Gasteiger partial charge on any atom is 0.242 e. The Hall–Kier alpha value is -3.46. The highest BCUT2D eigenvalue weighted by Crippen LogP contribution is 2.56. The van der Waals surface area contributed by atoms with E-state index in [0.29, 0.717) is 0 Å². The molecule has 0 unspecified atom stereocenters. The molecule has 4 aromatic rings. The van der Waals surface area contributed by atoms with Gasteiger partial charge in [-0.3, -0.25) is 0 Å². The Morgan fingerprint density at radius 1 is 0.500 bits per heavy atom. The molecule has 3 heterocycles. The average Bonchev–Trinajstić information content (AvgIpc) is 2.75. The number of rotatable bonds is 1. The number of hydrogen-bond acceptors (Lipinski definition) is 2. The van der Waals surface area contributed by atoms with Crippen LogP contribution in [-0.4, -0.2) is 6.71 Å². The summed E-state index contributed by atoms with van der Waals surface area (Å²) in [4.78, 5) is 0. The summed E-state index contributed by atoms with van der Waals surface area (Å²) in [6.07, 6.45) is 0. The highest BCUT2D eigenvalue weighted by atomic mass is 16.5. The van der Waals surface area contributed by atoms with Crippen molar-refractivity contribution in [2.75, 3.05) is 0 Å². The minimum atomic E-state index is 0.172. The van der Waals surface area contributed by atoms with Crippen molar-refractivity contribution in [2.24, 2.45) is 0 Å². The molecule has 0 aliphatic carbocycles. The van der Waals surface area contributed by atoms with Crippen LogP contribution in [-0.2, 0) is 0 Å². The van der Waals surface area contributed by atoms with Gasteiger partial charge in [0.15, 0.2) is 0 Å². The van der Waals surface area contributed by atoms with Crippen LogP contribution >= 0.6 is 0 Å². The van der Waals surface area contributed by atoms with Crippen molar-refractivity contribution < 1.29 is 9.47 Å². The molecule has 0 amide bonds. The van der Waals surface area contributed by atoms with Crippen molar-refractivity contribution >= 4 is 23.1 Å². The van der Waals surface area contributed by atoms with Crippen LogP contribution in [0.1, 0.15) is 22.6 Å². The Balaban J connectivity index is 1.63. The van der Waals surface area contributed by atoms with Gasteiger partial charge in [0.25, 0.3) is 0 Å². The predicted molar refractivity (Wildman–Crippen MR) is 112 cm³/mol. The van der Waals surface area contributed by atoms with Gasteiger partial charge in [0, 0.05) is 22.6 Å². The van der Waals surface area contributed by atoms with E-state index in [1.165, 1.54) is 27.5 Å². The minimum absolute atomic E-state index is 0.172. The van der Waals surface area contributed by atoms with Crippen LogP contribution in [0.3, 0.4) is 0 Å². The van der Waals surface area contributed by atoms with Gasteiger partial charge in [-0.1, -0.05) is 77.1 Å². The summed E-state index contributed by atoms with van der Waals surface area (Å²) < 4.78 is 12.7. The fourth-order valence-electron chi connectivity index (χ4n) is 5.25. The largest absolute Gasteiger partial charge is 0.457 e. The van der Waals surface area contributed by atoms with Crippen molar-refractivity contribution in [2.45, 2.75) is 5.92 Å². The monoisotopic (exact) mass is 358 g/mol. The van der Waals surface area contributed by atoms with Crippen molar-refractivity contribution in [1.82, 2.24) is 0 Å². The molecule has 130 valence electrons. The lowest BCUT2D eigenvalue weighted by molar-refractivity contribution is 0.411. The molecule has 0 fully saturated rings. The summed E-state index contributed by atoms with van der Waals surface area (Å²) >= 11 is 0. The SMILES string of the molecule is c1ccc(B2c3cccc4c3C3c5c(cccc5Oc5cccc2c53)O4)cc1. The molecule has 0 bridgehead atoms. The van der Waals surface area contributed by atoms with E-state index in [4.69, 9.17) is 9.47 Å². The molecule has 4 aromatic carbocycles. The van der Waals surface area contributed by atoms with E-state index >= 15 is 0 Å². The molecule has 0 atom stereocenters. The van der Waals surface area contributed by atoms with E-state index in [-0.39, 0.29) is 12.6 Å². The summed E-state index contributed by atoms with van der Waals surface area (Å²) in [5, 5.41) is 0. The van der Waals surface area contributed by atoms with Gasteiger partial charge in [0.05, 0.1) is 0 Å². The van der Waals surface area contributed by atoms with Crippen LogP contribution in [0, 0.1) is 0 Å². The molecule has 3 heteroatoms. The molecule has 0 N–H and O–H groups in total. The van der Waals surface area contributed by atoms with Gasteiger partial charge in [-0.25, -0.2) is 0 Å². The lowest BCUT2D eigenvalue weighted by Crippen LogP contribution is -2.58. The lowest BCUT2D eigenvalue weighted by Gasteiger charge is -2.41. The van der Waals surface area contributed by atoms with Crippen LogP contribution in [0.25, 0.3) is 0 Å². The first kappa shape index (κ1) is 14.6. The standard InChI is InChI=1S/C25H15BO2/c1-2-7-15(8-3-1)26-16-9-4-11-18-22(16)25-23-17(26)10-5-12-19(23)28-21-14-6-13-20(27-18)24(21)25/h1-14,25H. The lowest BCUT2D eigenvalue weighted by atomic mass is 9.32. The Morgan fingerprint density at radius 2 is 1.00 bits per heavy atom. The molecule has 0 aromatic heterocycles. The maximum absolute atomic E-state index is 6.35. The van der Waals surface area contributed by atoms with E-state index in [0.717, 1.165) is 28.6 Å². The quantitative estimate of drug-likeness (QED) is 0.415. The van der Waals surface area contributed by atoms with Crippen molar-refractivity contribution in [3.05, 3.63) is 102 Å². The molecular formula is C25H15BO2. The number of hydrogen-bond donors (Lipinski definition) is 0. The third-order valence-corrected chi connectivity index (χ3v) is 6.29. The summed E-state index contributed by atoms with van der Waals surface area (Å²) in [7, 11) is 0. The normalized spacial score (nSPS) is 14.8. The zero-order valence-electron chi connectivity index (χ0n) is 15.1. The first-order valence-electron chi connectivity index (χ1n) is 9.69. The Bertz CT molecular complexity index is 1200. The molecule has 3 aliphatic rings. The summed E-state index contributed by atoms with van der Waals surface area (Å²) in [5.74, 6) is 3.92. The van der Waals surface area contributed by atoms with Crippen LogP contribution < -0.4 is 25.9 Å². The second-order valence-electron chi connectivity index (χ2n) is 7.67. The van der Waals surface area contributed by atoms with Crippen molar-refractivity contribution in [3.8, 4) is 23.0 Å². The second-order valence-corrected chi connectivity index (χ2v) is 7.67. The molecular weight excluding hydrogens is 343 g/mol. The first-order chi connectivity index (χ1) is 13.9. The smallest absolute Gasteiger partial charge is 0.242 e. The van der Waals surface area contributed by atoms with E-state index in [1.54, 1.807) is 0 Å². The molecule has 0 saturated carbocycles. The first-order valence-corrected chi connectivity index (χ1v) is 9.69. The third-order valence-electron chi connectivity index (χ3n) is 6.29. The summed E-state index contributed by atoms with van der Waals surface area (Å²) in [6, 6.07) is 29.8. The molecule has 28 heavy (non-hydrogen) atoms. The molecule has 0 saturated heterocycles. The Morgan fingerprint density at radius 3 is 1.57 bits per heavy atom. The molecule has 0 radical (unpaired) electrons. The van der Waals surface area contributed by atoms with Gasteiger partial charge in [0.2, 0.25) is 6.71 Å². The van der Waals surface area contributed by atoms with Crippen LogP contribution in [0.2, 0.25) is 0 Å². The predicted octanol–water partition coefficient (Wildman–Crippen LogP) is 3.91. The van der Waals surface area contributed by atoms with E-state index in [1.807, 2.05) is 6.07 Å². The van der Waals surface area contributed by atoms with Gasteiger partial charge in [-0.2, -0.15) is 0 Å². The zero-order valence-corrected chi connectivity index (χ0v) is 15.1. The average molecular weight is 358 g/mol. The van der Waals surface area contributed by atoms with Gasteiger partial charge in [-0.15, -0.1) is 0 Å². The fraction of sp³-hybridized carbons (Fsp3) is 0.0400. The maximum atomic E-state index is 6.35. The van der Waals surface area contributed by atoms with Gasteiger partial charge in [0.1, 0.15) is 23.0 Å². The molecule has 2 nitrogen and oxygen atoms in total. The number of ether oxygens (including phenoxy) is 2. The van der Waals surface area contributed by atoms with Crippen LogP contribution in [0.15, 0.2) is 84.9 Å². The highest BCUT2D eigenvalue weighted by molar-refractivity contribution is 6.96. The minimum Gasteiger partial charge on any atom is -0.457 e. The van der Waals surface area contributed by atoms with Gasteiger partial charge in [-0.05, 0) is 24.3 Å². The molecule has 0 spiro atoms. The van der Waals surface area contributed by atoms with Gasteiger partial charge < -0.3 is 9.47 Å². The van der Waals surface area contributed by atoms with Crippen molar-refractivity contribution in [1.29, 1.82) is 0 Å². The number of benzene rings is 4. The van der Waals surface area contributed by atoms with Crippen LogP contribution in [0.4, 0.5) is 0 Å². The Kier molecular flexibility index (Phi) is 2.65. The second kappa shape index (κ2) is 5.08. The topological polar surface area (TPSA) is 18.5 Å². The fourth-order valence-corrected chi connectivity index (χ4v) is 5.25. The van der Waals surface area contributed by atoms with Gasteiger partial charge >= 0.3 is 0 Å². The highest BCUT2D eigenvalue weighted by Gasteiger charge is 2.45. The van der Waals surface area contributed by atoms with Crippen molar-refractivity contribution in [3.63, 3.8) is 0 Å².